The summed E-state index contributed by atoms with van der Waals surface area (Å²) in [6, 6.07) is 0. The molecule has 0 unspecified atom stereocenters. The van der Waals surface area contributed by atoms with E-state index in [0.717, 1.165) is 5.56 Å². The van der Waals surface area contributed by atoms with Gasteiger partial charge in [0.2, 0.25) is 0 Å². The molecule has 1 nitrogen and oxygen atoms in total. The highest BCUT2D eigenvalue weighted by molar-refractivity contribution is 7.10. The van der Waals surface area contributed by atoms with Crippen molar-refractivity contribution in [1.29, 1.82) is 0 Å². The molecule has 0 fully saturated rings. The van der Waals surface area contributed by atoms with E-state index >= 15 is 0 Å². The van der Waals surface area contributed by atoms with Crippen LogP contribution in [0.3, 0.4) is 0 Å². The normalized spacial score (nSPS) is 13.3. The number of aromatic hydroxyl groups is 1. The third-order valence-electron chi connectivity index (χ3n) is 2.20. The Hall–Kier alpha value is -0.500. The van der Waals surface area contributed by atoms with Gasteiger partial charge in [0.05, 0.1) is 0 Å². The summed E-state index contributed by atoms with van der Waals surface area (Å²) < 4.78 is 0. The molecule has 2 heteroatoms. The van der Waals surface area contributed by atoms with Crippen LogP contribution in [0.1, 0.15) is 52.0 Å². The molecule has 1 heterocycles. The number of hydrogen-bond donors (Lipinski definition) is 1. The van der Waals surface area contributed by atoms with Gasteiger partial charge in [-0.05, 0) is 10.8 Å². The highest BCUT2D eigenvalue weighted by Crippen LogP contribution is 2.43. The first kappa shape index (κ1) is 11.6. The molecule has 0 radical (unpaired) electrons. The molecule has 0 aliphatic carbocycles. The maximum atomic E-state index is 9.84. The average molecular weight is 212 g/mol. The predicted molar refractivity (Wildman–Crippen MR) is 63.4 cm³/mol. The smallest absolute Gasteiger partial charge is 0.130 e. The summed E-state index contributed by atoms with van der Waals surface area (Å²) in [5.74, 6) is 0.451. The minimum Gasteiger partial charge on any atom is -0.507 e. The molecule has 1 N–H and O–H groups in total. The summed E-state index contributed by atoms with van der Waals surface area (Å²) in [5.41, 5.74) is 1.25. The topological polar surface area (TPSA) is 20.2 Å². The second kappa shape index (κ2) is 3.27. The Morgan fingerprint density at radius 2 is 1.50 bits per heavy atom. The maximum Gasteiger partial charge on any atom is 0.130 e. The van der Waals surface area contributed by atoms with E-state index in [4.69, 9.17) is 0 Å². The second-order valence-electron chi connectivity index (χ2n) is 5.83. The summed E-state index contributed by atoms with van der Waals surface area (Å²) in [5, 5.41) is 11.7. The van der Waals surface area contributed by atoms with Crippen molar-refractivity contribution in [3.63, 3.8) is 0 Å². The van der Waals surface area contributed by atoms with E-state index in [1.165, 1.54) is 4.88 Å². The van der Waals surface area contributed by atoms with Gasteiger partial charge in [0.15, 0.2) is 0 Å². The lowest BCUT2D eigenvalue weighted by atomic mass is 9.80. The minimum absolute atomic E-state index is 0.0205. The van der Waals surface area contributed by atoms with Crippen LogP contribution in [0.25, 0.3) is 0 Å². The van der Waals surface area contributed by atoms with E-state index in [2.05, 4.69) is 41.5 Å². The van der Waals surface area contributed by atoms with Gasteiger partial charge in [-0.15, -0.1) is 11.3 Å². The molecule has 0 atom stereocenters. The third-order valence-corrected chi connectivity index (χ3v) is 3.60. The zero-order chi connectivity index (χ0) is 11.1. The molecule has 0 bridgehead atoms. The molecular weight excluding hydrogens is 192 g/mol. The fourth-order valence-electron chi connectivity index (χ4n) is 1.63. The van der Waals surface area contributed by atoms with Crippen molar-refractivity contribution >= 4 is 11.3 Å². The molecule has 0 aromatic carbocycles. The van der Waals surface area contributed by atoms with Crippen LogP contribution in [0.4, 0.5) is 0 Å². The lowest BCUT2D eigenvalue weighted by molar-refractivity contribution is 0.442. The van der Waals surface area contributed by atoms with Crippen molar-refractivity contribution in [2.45, 2.75) is 52.4 Å². The van der Waals surface area contributed by atoms with E-state index in [1.54, 1.807) is 11.3 Å². The Bertz CT molecular complexity index is 323. The molecule has 14 heavy (non-hydrogen) atoms. The Labute approximate surface area is 90.8 Å². The summed E-state index contributed by atoms with van der Waals surface area (Å²) in [6.45, 7) is 13.0. The molecule has 0 aliphatic rings. The summed E-state index contributed by atoms with van der Waals surface area (Å²) in [4.78, 5) is 1.29. The molecule has 0 amide bonds. The fraction of sp³-hybridized carbons (Fsp3) is 0.667. The van der Waals surface area contributed by atoms with Crippen molar-refractivity contribution in [3.05, 3.63) is 15.8 Å². The largest absolute Gasteiger partial charge is 0.507 e. The van der Waals surface area contributed by atoms with Crippen molar-refractivity contribution in [2.24, 2.45) is 0 Å². The first-order valence-electron chi connectivity index (χ1n) is 4.95. The number of thiophene rings is 1. The zero-order valence-corrected chi connectivity index (χ0v) is 10.7. The van der Waals surface area contributed by atoms with Gasteiger partial charge < -0.3 is 5.11 Å². The Balaban J connectivity index is 3.35. The molecule has 0 saturated carbocycles. The fourth-order valence-corrected chi connectivity index (χ4v) is 2.85. The van der Waals surface area contributed by atoms with Crippen molar-refractivity contribution in [3.8, 4) is 5.75 Å². The summed E-state index contributed by atoms with van der Waals surface area (Å²) in [6.07, 6.45) is 0. The molecule has 1 aromatic heterocycles. The zero-order valence-electron chi connectivity index (χ0n) is 9.93. The lowest BCUT2D eigenvalue weighted by Crippen LogP contribution is -2.19. The van der Waals surface area contributed by atoms with Gasteiger partial charge in [0.25, 0.3) is 0 Å². The highest BCUT2D eigenvalue weighted by atomic mass is 32.1. The van der Waals surface area contributed by atoms with Crippen LogP contribution in [-0.4, -0.2) is 5.11 Å². The van der Waals surface area contributed by atoms with Crippen molar-refractivity contribution in [1.82, 2.24) is 0 Å². The average Bonchev–Trinajstić information content (AvgIpc) is 2.27. The van der Waals surface area contributed by atoms with E-state index in [-0.39, 0.29) is 10.8 Å². The van der Waals surface area contributed by atoms with Crippen LogP contribution in [0.5, 0.6) is 5.75 Å². The van der Waals surface area contributed by atoms with Gasteiger partial charge in [-0.3, -0.25) is 0 Å². The monoisotopic (exact) mass is 212 g/mol. The second-order valence-corrected chi connectivity index (χ2v) is 6.70. The van der Waals surface area contributed by atoms with E-state index in [9.17, 15) is 5.11 Å². The van der Waals surface area contributed by atoms with E-state index in [1.807, 2.05) is 5.38 Å². The third kappa shape index (κ3) is 2.11. The number of hydrogen-bond acceptors (Lipinski definition) is 2. The van der Waals surface area contributed by atoms with Crippen molar-refractivity contribution in [2.75, 3.05) is 0 Å². The predicted octanol–water partition coefficient (Wildman–Crippen LogP) is 4.05. The molecule has 1 aromatic rings. The van der Waals surface area contributed by atoms with Gasteiger partial charge >= 0.3 is 0 Å². The molecule has 1 rings (SSSR count). The van der Waals surface area contributed by atoms with Gasteiger partial charge in [0, 0.05) is 15.8 Å². The standard InChI is InChI=1S/C12H20OS/c1-11(2,3)9-8(13)7-14-10(9)12(4,5)6/h7,13H,1-6H3. The first-order chi connectivity index (χ1) is 6.14. The first-order valence-corrected chi connectivity index (χ1v) is 5.83. The van der Waals surface area contributed by atoms with Crippen molar-refractivity contribution < 1.29 is 5.11 Å². The van der Waals surface area contributed by atoms with Crippen LogP contribution >= 0.6 is 11.3 Å². The number of rotatable bonds is 0. The Kier molecular flexibility index (Phi) is 2.70. The van der Waals surface area contributed by atoms with Crippen LogP contribution in [-0.2, 0) is 10.8 Å². The van der Waals surface area contributed by atoms with Crippen LogP contribution in [0, 0.1) is 0 Å². The maximum absolute atomic E-state index is 9.84. The molecule has 0 spiro atoms. The Morgan fingerprint density at radius 1 is 1.00 bits per heavy atom. The summed E-state index contributed by atoms with van der Waals surface area (Å²) >= 11 is 1.66. The van der Waals surface area contributed by atoms with Crippen LogP contribution in [0.15, 0.2) is 5.38 Å². The molecule has 0 aliphatic heterocycles. The molecular formula is C12H20OS. The molecule has 0 saturated heterocycles. The Morgan fingerprint density at radius 3 is 1.79 bits per heavy atom. The lowest BCUT2D eigenvalue weighted by Gasteiger charge is -2.26. The highest BCUT2D eigenvalue weighted by Gasteiger charge is 2.29. The minimum atomic E-state index is 0.0205. The molecule has 80 valence electrons. The quantitative estimate of drug-likeness (QED) is 0.688. The van der Waals surface area contributed by atoms with Gasteiger partial charge in [0.1, 0.15) is 5.75 Å². The van der Waals surface area contributed by atoms with E-state index < -0.39 is 0 Å². The SMILES string of the molecule is CC(C)(C)c1scc(O)c1C(C)(C)C. The van der Waals surface area contributed by atoms with E-state index in [0.29, 0.717) is 5.75 Å². The van der Waals surface area contributed by atoms with Gasteiger partial charge in [-0.1, -0.05) is 41.5 Å². The van der Waals surface area contributed by atoms with Gasteiger partial charge in [-0.2, -0.15) is 0 Å². The van der Waals surface area contributed by atoms with Gasteiger partial charge in [-0.25, -0.2) is 0 Å². The summed E-state index contributed by atoms with van der Waals surface area (Å²) in [7, 11) is 0. The van der Waals surface area contributed by atoms with Crippen LogP contribution in [0.2, 0.25) is 0 Å². The van der Waals surface area contributed by atoms with Crippen LogP contribution < -0.4 is 0 Å².